The molecule has 0 bridgehead atoms. The molecule has 1 unspecified atom stereocenters. The Balaban J connectivity index is 2.43. The Bertz CT molecular complexity index is 353. The summed E-state index contributed by atoms with van der Waals surface area (Å²) in [6, 6.07) is 6.49. The van der Waals surface area contributed by atoms with Crippen molar-refractivity contribution in [1.82, 2.24) is 0 Å². The number of nitro benzene ring substituents is 1. The smallest absolute Gasteiger partial charge is 0.269 e. The molecule has 0 fully saturated rings. The number of hydrogen-bond donors (Lipinski definition) is 0. The van der Waals surface area contributed by atoms with E-state index in [1.165, 1.54) is 12.1 Å². The third-order valence-electron chi connectivity index (χ3n) is 2.38. The van der Waals surface area contributed by atoms with Gasteiger partial charge in [0.25, 0.3) is 5.69 Å². The van der Waals surface area contributed by atoms with E-state index in [4.69, 9.17) is 16.3 Å². The van der Waals surface area contributed by atoms with Gasteiger partial charge in [0, 0.05) is 30.7 Å². The van der Waals surface area contributed by atoms with Crippen LogP contribution >= 0.6 is 11.6 Å². The van der Waals surface area contributed by atoms with Crippen molar-refractivity contribution in [2.75, 3.05) is 13.2 Å². The highest BCUT2D eigenvalue weighted by molar-refractivity contribution is 6.20. The Kier molecular flexibility index (Phi) is 5.94. The second kappa shape index (κ2) is 7.25. The number of non-ortho nitro benzene ring substituents is 1. The second-order valence-electron chi connectivity index (χ2n) is 3.71. The fourth-order valence-electron chi connectivity index (χ4n) is 1.47. The Morgan fingerprint density at radius 2 is 2.06 bits per heavy atom. The topological polar surface area (TPSA) is 52.4 Å². The summed E-state index contributed by atoms with van der Waals surface area (Å²) in [5, 5.41) is 10.5. The largest absolute Gasteiger partial charge is 0.382 e. The van der Waals surface area contributed by atoms with E-state index >= 15 is 0 Å². The molecule has 0 spiro atoms. The van der Waals surface area contributed by atoms with Crippen molar-refractivity contribution in [3.05, 3.63) is 39.9 Å². The number of benzene rings is 1. The van der Waals surface area contributed by atoms with Crippen molar-refractivity contribution in [2.24, 2.45) is 0 Å². The first-order valence-electron chi connectivity index (χ1n) is 5.58. The molecule has 5 heteroatoms. The standard InChI is InChI=1S/C12H16ClNO3/c1-2-17-8-7-11(13)9-10-3-5-12(6-4-10)14(15)16/h3-6,11H,2,7-9H2,1H3. The minimum Gasteiger partial charge on any atom is -0.382 e. The average Bonchev–Trinajstić information content (AvgIpc) is 2.30. The lowest BCUT2D eigenvalue weighted by Gasteiger charge is -2.09. The van der Waals surface area contributed by atoms with Crippen LogP contribution in [0.1, 0.15) is 18.9 Å². The van der Waals surface area contributed by atoms with Gasteiger partial charge in [0.05, 0.1) is 4.92 Å². The zero-order chi connectivity index (χ0) is 12.7. The summed E-state index contributed by atoms with van der Waals surface area (Å²) in [5.41, 5.74) is 1.11. The first kappa shape index (κ1) is 13.9. The van der Waals surface area contributed by atoms with Crippen LogP contribution in [0.3, 0.4) is 0 Å². The lowest BCUT2D eigenvalue weighted by atomic mass is 10.1. The second-order valence-corrected chi connectivity index (χ2v) is 4.33. The van der Waals surface area contributed by atoms with Crippen LogP contribution in [0.25, 0.3) is 0 Å². The van der Waals surface area contributed by atoms with Gasteiger partial charge in [0.1, 0.15) is 0 Å². The van der Waals surface area contributed by atoms with Crippen LogP contribution < -0.4 is 0 Å². The Labute approximate surface area is 106 Å². The molecular formula is C12H16ClNO3. The van der Waals surface area contributed by atoms with Crippen LogP contribution in [-0.4, -0.2) is 23.5 Å². The van der Waals surface area contributed by atoms with E-state index in [0.717, 1.165) is 12.0 Å². The predicted molar refractivity (Wildman–Crippen MR) is 67.6 cm³/mol. The van der Waals surface area contributed by atoms with Gasteiger partial charge in [-0.25, -0.2) is 0 Å². The average molecular weight is 258 g/mol. The number of halogens is 1. The molecule has 1 rings (SSSR count). The molecule has 0 N–H and O–H groups in total. The lowest BCUT2D eigenvalue weighted by Crippen LogP contribution is -2.07. The van der Waals surface area contributed by atoms with Gasteiger partial charge in [-0.1, -0.05) is 12.1 Å². The molecule has 0 aliphatic carbocycles. The molecule has 0 aliphatic heterocycles. The minimum absolute atomic E-state index is 0.00278. The number of nitro groups is 1. The van der Waals surface area contributed by atoms with Crippen molar-refractivity contribution in [2.45, 2.75) is 25.1 Å². The van der Waals surface area contributed by atoms with Crippen molar-refractivity contribution >= 4 is 17.3 Å². The van der Waals surface area contributed by atoms with Crippen LogP contribution in [0.15, 0.2) is 24.3 Å². The van der Waals surface area contributed by atoms with Gasteiger partial charge in [0.2, 0.25) is 0 Å². The number of ether oxygens (including phenoxy) is 1. The lowest BCUT2D eigenvalue weighted by molar-refractivity contribution is -0.384. The molecule has 0 aliphatic rings. The summed E-state index contributed by atoms with van der Waals surface area (Å²) in [5.74, 6) is 0. The van der Waals surface area contributed by atoms with Gasteiger partial charge in [0.15, 0.2) is 0 Å². The Morgan fingerprint density at radius 3 is 2.59 bits per heavy atom. The molecule has 0 saturated carbocycles. The van der Waals surface area contributed by atoms with Crippen molar-refractivity contribution in [3.8, 4) is 0 Å². The van der Waals surface area contributed by atoms with Crippen LogP contribution in [0, 0.1) is 10.1 Å². The van der Waals surface area contributed by atoms with Gasteiger partial charge < -0.3 is 4.74 Å². The molecule has 1 aromatic rings. The van der Waals surface area contributed by atoms with Gasteiger partial charge >= 0.3 is 0 Å². The van der Waals surface area contributed by atoms with E-state index in [9.17, 15) is 10.1 Å². The highest BCUT2D eigenvalue weighted by atomic mass is 35.5. The maximum absolute atomic E-state index is 10.5. The van der Waals surface area contributed by atoms with E-state index < -0.39 is 4.92 Å². The highest BCUT2D eigenvalue weighted by Crippen LogP contribution is 2.16. The van der Waals surface area contributed by atoms with E-state index in [1.807, 2.05) is 6.92 Å². The number of alkyl halides is 1. The molecule has 0 aromatic heterocycles. The molecule has 4 nitrogen and oxygen atoms in total. The summed E-state index contributed by atoms with van der Waals surface area (Å²) in [7, 11) is 0. The summed E-state index contributed by atoms with van der Waals surface area (Å²) in [4.78, 5) is 10.1. The summed E-state index contributed by atoms with van der Waals surface area (Å²) < 4.78 is 5.22. The number of hydrogen-bond acceptors (Lipinski definition) is 3. The summed E-state index contributed by atoms with van der Waals surface area (Å²) >= 11 is 6.14. The molecule has 0 amide bonds. The zero-order valence-electron chi connectivity index (χ0n) is 9.77. The molecule has 0 heterocycles. The molecule has 17 heavy (non-hydrogen) atoms. The number of nitrogens with zero attached hydrogens (tertiary/aromatic N) is 1. The minimum atomic E-state index is -0.406. The quantitative estimate of drug-likeness (QED) is 0.326. The normalized spacial score (nSPS) is 12.4. The van der Waals surface area contributed by atoms with E-state index in [0.29, 0.717) is 19.6 Å². The van der Waals surface area contributed by atoms with E-state index in [-0.39, 0.29) is 11.1 Å². The summed E-state index contributed by atoms with van der Waals surface area (Å²) in [6.45, 7) is 3.29. The van der Waals surface area contributed by atoms with Crippen LogP contribution in [0.4, 0.5) is 5.69 Å². The van der Waals surface area contributed by atoms with Gasteiger partial charge in [-0.15, -0.1) is 11.6 Å². The monoisotopic (exact) mass is 257 g/mol. The first-order chi connectivity index (χ1) is 8.13. The molecule has 1 aromatic carbocycles. The van der Waals surface area contributed by atoms with Crippen LogP contribution in [0.5, 0.6) is 0 Å². The molecule has 1 atom stereocenters. The third kappa shape index (κ3) is 5.15. The van der Waals surface area contributed by atoms with Gasteiger partial charge in [-0.3, -0.25) is 10.1 Å². The fourth-order valence-corrected chi connectivity index (χ4v) is 1.73. The zero-order valence-corrected chi connectivity index (χ0v) is 10.5. The first-order valence-corrected chi connectivity index (χ1v) is 6.02. The van der Waals surface area contributed by atoms with Crippen LogP contribution in [0.2, 0.25) is 0 Å². The predicted octanol–water partition coefficient (Wildman–Crippen LogP) is 3.17. The van der Waals surface area contributed by atoms with Gasteiger partial charge in [-0.05, 0) is 25.3 Å². The van der Waals surface area contributed by atoms with E-state index in [2.05, 4.69) is 0 Å². The van der Waals surface area contributed by atoms with Crippen molar-refractivity contribution < 1.29 is 9.66 Å². The molecule has 94 valence electrons. The Hall–Kier alpha value is -1.13. The fraction of sp³-hybridized carbons (Fsp3) is 0.500. The third-order valence-corrected chi connectivity index (χ3v) is 2.76. The van der Waals surface area contributed by atoms with Gasteiger partial charge in [-0.2, -0.15) is 0 Å². The van der Waals surface area contributed by atoms with Crippen LogP contribution in [-0.2, 0) is 11.2 Å². The molecule has 0 saturated heterocycles. The molecule has 0 radical (unpaired) electrons. The Morgan fingerprint density at radius 1 is 1.41 bits per heavy atom. The van der Waals surface area contributed by atoms with Crippen molar-refractivity contribution in [1.29, 1.82) is 0 Å². The maximum atomic E-state index is 10.5. The SMILES string of the molecule is CCOCCC(Cl)Cc1ccc([N+](=O)[O-])cc1. The van der Waals surface area contributed by atoms with Crippen molar-refractivity contribution in [3.63, 3.8) is 0 Å². The maximum Gasteiger partial charge on any atom is 0.269 e. The number of rotatable bonds is 7. The molecular weight excluding hydrogens is 242 g/mol. The summed E-state index contributed by atoms with van der Waals surface area (Å²) in [6.07, 6.45) is 1.49. The van der Waals surface area contributed by atoms with E-state index in [1.54, 1.807) is 12.1 Å². The highest BCUT2D eigenvalue weighted by Gasteiger charge is 2.08.